The third-order valence-corrected chi connectivity index (χ3v) is 7.84. The number of rotatable bonds is 4. The minimum absolute atomic E-state index is 0.139. The standard InChI is InChI=1S/C9H9Br2NO5S/c1-18(16,17)9(10,11)8(13)6-2-4-7(5-3-6)12(14)15/h2-5,8,13H,1H3/t8-/m1/s1. The molecule has 0 heterocycles. The molecule has 0 saturated carbocycles. The van der Waals surface area contributed by atoms with Gasteiger partial charge in [0, 0.05) is 18.4 Å². The number of nitro groups is 1. The Kier molecular flexibility index (Phi) is 4.52. The third kappa shape index (κ3) is 3.08. The second kappa shape index (κ2) is 5.24. The van der Waals surface area contributed by atoms with E-state index < -0.39 is 23.4 Å². The number of non-ortho nitro benzene ring substituents is 1. The summed E-state index contributed by atoms with van der Waals surface area (Å²) in [5.74, 6) is 0. The molecule has 0 aliphatic heterocycles. The topological polar surface area (TPSA) is 97.5 Å². The van der Waals surface area contributed by atoms with Gasteiger partial charge in [0.25, 0.3) is 5.69 Å². The summed E-state index contributed by atoms with van der Waals surface area (Å²) in [5.41, 5.74) is 0.0971. The predicted molar refractivity (Wildman–Crippen MR) is 73.5 cm³/mol. The summed E-state index contributed by atoms with van der Waals surface area (Å²) in [6, 6.07) is 4.98. The van der Waals surface area contributed by atoms with E-state index in [0.717, 1.165) is 6.26 Å². The van der Waals surface area contributed by atoms with Crippen LogP contribution in [0.2, 0.25) is 0 Å². The molecule has 0 radical (unpaired) electrons. The minimum Gasteiger partial charge on any atom is -0.385 e. The maximum absolute atomic E-state index is 11.5. The first-order valence-electron chi connectivity index (χ1n) is 4.57. The van der Waals surface area contributed by atoms with Gasteiger partial charge in [-0.25, -0.2) is 8.42 Å². The van der Waals surface area contributed by atoms with Gasteiger partial charge < -0.3 is 5.11 Å². The summed E-state index contributed by atoms with van der Waals surface area (Å²) in [4.78, 5) is 9.89. The highest BCUT2D eigenvalue weighted by Crippen LogP contribution is 2.43. The van der Waals surface area contributed by atoms with Gasteiger partial charge in [-0.3, -0.25) is 10.1 Å². The van der Waals surface area contributed by atoms with Crippen LogP contribution in [-0.2, 0) is 9.84 Å². The molecule has 100 valence electrons. The molecule has 1 atom stereocenters. The maximum Gasteiger partial charge on any atom is 0.269 e. The van der Waals surface area contributed by atoms with Crippen LogP contribution in [0.1, 0.15) is 11.7 Å². The van der Waals surface area contributed by atoms with Crippen LogP contribution in [0.3, 0.4) is 0 Å². The largest absolute Gasteiger partial charge is 0.385 e. The van der Waals surface area contributed by atoms with Crippen LogP contribution < -0.4 is 0 Å². The normalized spacial score (nSPS) is 14.2. The van der Waals surface area contributed by atoms with Crippen molar-refractivity contribution in [3.63, 3.8) is 0 Å². The van der Waals surface area contributed by atoms with Gasteiger partial charge in [0.15, 0.2) is 9.84 Å². The molecule has 0 aliphatic carbocycles. The Morgan fingerprint density at radius 1 is 1.33 bits per heavy atom. The van der Waals surface area contributed by atoms with Crippen molar-refractivity contribution in [1.82, 2.24) is 0 Å². The van der Waals surface area contributed by atoms with E-state index >= 15 is 0 Å². The minimum atomic E-state index is -3.63. The summed E-state index contributed by atoms with van der Waals surface area (Å²) < 4.78 is 21.2. The lowest BCUT2D eigenvalue weighted by Gasteiger charge is -2.24. The van der Waals surface area contributed by atoms with Crippen molar-refractivity contribution in [2.75, 3.05) is 6.26 Å². The zero-order valence-corrected chi connectivity index (χ0v) is 13.1. The van der Waals surface area contributed by atoms with Crippen LogP contribution >= 0.6 is 31.9 Å². The monoisotopic (exact) mass is 401 g/mol. The molecule has 0 fully saturated rings. The molecular weight excluding hydrogens is 394 g/mol. The zero-order chi connectivity index (χ0) is 14.1. The fraction of sp³-hybridized carbons (Fsp3) is 0.333. The summed E-state index contributed by atoms with van der Waals surface area (Å²) >= 11 is 5.79. The number of nitro benzene ring substituents is 1. The van der Waals surface area contributed by atoms with Crippen molar-refractivity contribution in [1.29, 1.82) is 0 Å². The highest BCUT2D eigenvalue weighted by Gasteiger charge is 2.43. The number of sulfone groups is 1. The van der Waals surface area contributed by atoms with Gasteiger partial charge in [-0.2, -0.15) is 0 Å². The van der Waals surface area contributed by atoms with E-state index in [1.54, 1.807) is 0 Å². The molecule has 0 saturated heterocycles. The maximum atomic E-state index is 11.5. The van der Waals surface area contributed by atoms with E-state index in [-0.39, 0.29) is 11.3 Å². The van der Waals surface area contributed by atoms with Crippen LogP contribution in [0, 0.1) is 10.1 Å². The number of hydrogen-bond donors (Lipinski definition) is 1. The van der Waals surface area contributed by atoms with Crippen molar-refractivity contribution in [2.45, 2.75) is 8.67 Å². The Bertz CT molecular complexity index is 555. The van der Waals surface area contributed by atoms with E-state index in [1.165, 1.54) is 24.3 Å². The smallest absolute Gasteiger partial charge is 0.269 e. The number of hydrogen-bond acceptors (Lipinski definition) is 5. The lowest BCUT2D eigenvalue weighted by atomic mass is 10.1. The number of alkyl halides is 2. The van der Waals surface area contributed by atoms with Crippen molar-refractivity contribution in [3.8, 4) is 0 Å². The van der Waals surface area contributed by atoms with E-state index in [9.17, 15) is 23.6 Å². The van der Waals surface area contributed by atoms with Crippen molar-refractivity contribution >= 4 is 47.4 Å². The molecule has 18 heavy (non-hydrogen) atoms. The molecule has 6 nitrogen and oxygen atoms in total. The van der Waals surface area contributed by atoms with Crippen molar-refractivity contribution in [3.05, 3.63) is 39.9 Å². The highest BCUT2D eigenvalue weighted by molar-refractivity contribution is 9.27. The quantitative estimate of drug-likeness (QED) is 0.472. The molecule has 0 aliphatic rings. The third-order valence-electron chi connectivity index (χ3n) is 2.23. The lowest BCUT2D eigenvalue weighted by molar-refractivity contribution is -0.384. The van der Waals surface area contributed by atoms with Crippen LogP contribution in [0.15, 0.2) is 24.3 Å². The molecule has 1 aromatic carbocycles. The van der Waals surface area contributed by atoms with Crippen LogP contribution in [0.5, 0.6) is 0 Å². The van der Waals surface area contributed by atoms with Crippen LogP contribution in [0.4, 0.5) is 5.69 Å². The van der Waals surface area contributed by atoms with E-state index in [4.69, 9.17) is 0 Å². The fourth-order valence-electron chi connectivity index (χ4n) is 1.18. The summed E-state index contributed by atoms with van der Waals surface area (Å²) in [6.07, 6.45) is -0.459. The van der Waals surface area contributed by atoms with Gasteiger partial charge >= 0.3 is 0 Å². The Morgan fingerprint density at radius 2 is 1.78 bits per heavy atom. The second-order valence-corrected chi connectivity index (χ2v) is 10.4. The average Bonchev–Trinajstić information content (AvgIpc) is 2.26. The molecule has 1 rings (SSSR count). The molecule has 0 unspecified atom stereocenters. The molecule has 9 heteroatoms. The highest BCUT2D eigenvalue weighted by atomic mass is 79.9. The summed E-state index contributed by atoms with van der Waals surface area (Å²) in [5, 5.41) is 20.4. The first-order valence-corrected chi connectivity index (χ1v) is 8.05. The molecule has 0 amide bonds. The molecular formula is C9H9Br2NO5S. The average molecular weight is 403 g/mol. The molecule has 0 aromatic heterocycles. The number of halogens is 2. The van der Waals surface area contributed by atoms with E-state index in [0.29, 0.717) is 0 Å². The Balaban J connectivity index is 3.12. The number of benzene rings is 1. The Labute approximate surface area is 120 Å². The SMILES string of the molecule is CS(=O)(=O)C(Br)(Br)[C@H](O)c1ccc([N+](=O)[O-])cc1. The molecule has 0 bridgehead atoms. The van der Waals surface area contributed by atoms with Gasteiger partial charge in [-0.05, 0) is 17.7 Å². The molecule has 1 N–H and O–H groups in total. The summed E-state index contributed by atoms with van der Waals surface area (Å²) in [7, 11) is -3.63. The first kappa shape index (κ1) is 15.5. The number of nitrogens with zero attached hydrogens (tertiary/aromatic N) is 1. The van der Waals surface area contributed by atoms with E-state index in [2.05, 4.69) is 31.9 Å². The van der Waals surface area contributed by atoms with Gasteiger partial charge in [0.05, 0.1) is 4.92 Å². The van der Waals surface area contributed by atoms with Gasteiger partial charge in [0.1, 0.15) is 6.10 Å². The lowest BCUT2D eigenvalue weighted by Crippen LogP contribution is -2.31. The fourth-order valence-corrected chi connectivity index (χ4v) is 2.25. The van der Waals surface area contributed by atoms with Gasteiger partial charge in [-0.1, -0.05) is 31.9 Å². The Hall–Kier alpha value is -0.510. The first-order chi connectivity index (χ1) is 8.07. The predicted octanol–water partition coefficient (Wildman–Crippen LogP) is 2.12. The number of aliphatic hydroxyl groups excluding tert-OH is 1. The summed E-state index contributed by atoms with van der Waals surface area (Å²) in [6.45, 7) is 0. The Morgan fingerprint density at radius 3 is 2.11 bits per heavy atom. The van der Waals surface area contributed by atoms with Crippen molar-refractivity contribution < 1.29 is 18.4 Å². The second-order valence-electron chi connectivity index (χ2n) is 3.59. The van der Waals surface area contributed by atoms with E-state index in [1.807, 2.05) is 0 Å². The zero-order valence-electron chi connectivity index (χ0n) is 9.08. The molecule has 1 aromatic rings. The van der Waals surface area contributed by atoms with Gasteiger partial charge in [0.2, 0.25) is 2.57 Å². The van der Waals surface area contributed by atoms with Gasteiger partial charge in [-0.15, -0.1) is 0 Å². The van der Waals surface area contributed by atoms with Crippen molar-refractivity contribution in [2.24, 2.45) is 0 Å². The van der Waals surface area contributed by atoms with Crippen LogP contribution in [0.25, 0.3) is 0 Å². The number of aliphatic hydroxyl groups is 1. The van der Waals surface area contributed by atoms with Crippen LogP contribution in [-0.4, -0.2) is 27.3 Å². The molecule has 0 spiro atoms.